The minimum atomic E-state index is -0.722. The summed E-state index contributed by atoms with van der Waals surface area (Å²) in [6.45, 7) is 4.70. The molecule has 3 aliphatic heterocycles. The summed E-state index contributed by atoms with van der Waals surface area (Å²) in [5.41, 5.74) is 0.407. The van der Waals surface area contributed by atoms with Crippen LogP contribution in [0.1, 0.15) is 12.8 Å². The van der Waals surface area contributed by atoms with Crippen LogP contribution in [0.25, 0.3) is 0 Å². The number of carboxylic acid groups (broad SMARTS) is 1. The third kappa shape index (κ3) is 1.96. The van der Waals surface area contributed by atoms with Crippen LogP contribution in [0.15, 0.2) is 0 Å². The summed E-state index contributed by atoms with van der Waals surface area (Å²) >= 11 is 0. The van der Waals surface area contributed by atoms with Crippen LogP contribution in [0.4, 0.5) is 0 Å². The third-order valence-corrected chi connectivity index (χ3v) is 4.47. The second kappa shape index (κ2) is 4.23. The van der Waals surface area contributed by atoms with E-state index in [4.69, 9.17) is 14.6 Å². The molecule has 5 heteroatoms. The van der Waals surface area contributed by atoms with Gasteiger partial charge >= 0.3 is 5.97 Å². The minimum Gasteiger partial charge on any atom is -0.481 e. The smallest absolute Gasteiger partial charge is 0.310 e. The van der Waals surface area contributed by atoms with Crippen molar-refractivity contribution in [3.63, 3.8) is 0 Å². The number of likely N-dealkylation sites (tertiary alicyclic amines) is 1. The Morgan fingerprint density at radius 1 is 1.18 bits per heavy atom. The van der Waals surface area contributed by atoms with Crippen LogP contribution in [0.2, 0.25) is 0 Å². The van der Waals surface area contributed by atoms with E-state index in [1.54, 1.807) is 0 Å². The van der Waals surface area contributed by atoms with Crippen molar-refractivity contribution in [2.45, 2.75) is 18.9 Å². The molecule has 17 heavy (non-hydrogen) atoms. The molecule has 0 aliphatic carbocycles. The summed E-state index contributed by atoms with van der Waals surface area (Å²) in [7, 11) is 0. The minimum absolute atomic E-state index is 0.0842. The fraction of sp³-hybridized carbons (Fsp3) is 0.917. The number of hydrogen-bond donors (Lipinski definition) is 1. The van der Waals surface area contributed by atoms with Crippen molar-refractivity contribution in [3.8, 4) is 0 Å². The molecule has 3 fully saturated rings. The highest BCUT2D eigenvalue weighted by molar-refractivity contribution is 5.71. The zero-order valence-corrected chi connectivity index (χ0v) is 9.93. The van der Waals surface area contributed by atoms with E-state index < -0.39 is 5.97 Å². The molecule has 0 aromatic rings. The van der Waals surface area contributed by atoms with Crippen molar-refractivity contribution < 1.29 is 19.4 Å². The van der Waals surface area contributed by atoms with Gasteiger partial charge in [-0.2, -0.15) is 0 Å². The van der Waals surface area contributed by atoms with Crippen molar-refractivity contribution in [3.05, 3.63) is 0 Å². The average molecular weight is 241 g/mol. The van der Waals surface area contributed by atoms with Crippen molar-refractivity contribution in [2.75, 3.05) is 39.5 Å². The number of ether oxygens (including phenoxy) is 2. The molecule has 3 heterocycles. The second-order valence-corrected chi connectivity index (χ2v) is 5.57. The maximum Gasteiger partial charge on any atom is 0.310 e. The van der Waals surface area contributed by atoms with Crippen molar-refractivity contribution in [2.24, 2.45) is 11.3 Å². The van der Waals surface area contributed by atoms with Gasteiger partial charge in [0.15, 0.2) is 0 Å². The maximum atomic E-state index is 11.1. The van der Waals surface area contributed by atoms with Gasteiger partial charge in [-0.05, 0) is 12.8 Å². The molecule has 1 spiro atoms. The largest absolute Gasteiger partial charge is 0.481 e. The lowest BCUT2D eigenvalue weighted by Gasteiger charge is -2.54. The Morgan fingerprint density at radius 2 is 1.88 bits per heavy atom. The third-order valence-electron chi connectivity index (χ3n) is 4.47. The summed E-state index contributed by atoms with van der Waals surface area (Å²) in [5.74, 6) is -1.06. The van der Waals surface area contributed by atoms with E-state index in [-0.39, 0.29) is 12.0 Å². The van der Waals surface area contributed by atoms with Gasteiger partial charge in [0.25, 0.3) is 0 Å². The molecule has 2 unspecified atom stereocenters. The molecule has 0 amide bonds. The highest BCUT2D eigenvalue weighted by Gasteiger charge is 2.50. The Hall–Kier alpha value is -0.650. The predicted molar refractivity (Wildman–Crippen MR) is 59.8 cm³/mol. The van der Waals surface area contributed by atoms with E-state index in [2.05, 4.69) is 4.90 Å². The van der Waals surface area contributed by atoms with Crippen LogP contribution >= 0.6 is 0 Å². The van der Waals surface area contributed by atoms with Crippen LogP contribution in [0.3, 0.4) is 0 Å². The Morgan fingerprint density at radius 3 is 2.53 bits per heavy atom. The van der Waals surface area contributed by atoms with Crippen LogP contribution < -0.4 is 0 Å². The highest BCUT2D eigenvalue weighted by Crippen LogP contribution is 2.42. The van der Waals surface area contributed by atoms with E-state index in [1.165, 1.54) is 0 Å². The van der Waals surface area contributed by atoms with Crippen molar-refractivity contribution >= 4 is 5.97 Å². The van der Waals surface area contributed by atoms with Gasteiger partial charge in [0.1, 0.15) is 0 Å². The summed E-state index contributed by atoms with van der Waals surface area (Å²) in [5, 5.41) is 9.13. The number of hydrogen-bond acceptors (Lipinski definition) is 4. The predicted octanol–water partition coefficient (Wildman–Crippen LogP) is 0.198. The van der Waals surface area contributed by atoms with E-state index >= 15 is 0 Å². The highest BCUT2D eigenvalue weighted by atomic mass is 16.5. The summed E-state index contributed by atoms with van der Waals surface area (Å²) in [6.07, 6.45) is 2.24. The van der Waals surface area contributed by atoms with Gasteiger partial charge in [0, 0.05) is 37.8 Å². The summed E-state index contributed by atoms with van der Waals surface area (Å²) in [6, 6.07) is 0.0842. The van der Waals surface area contributed by atoms with Crippen molar-refractivity contribution in [1.82, 2.24) is 4.90 Å². The van der Waals surface area contributed by atoms with E-state index in [9.17, 15) is 4.79 Å². The van der Waals surface area contributed by atoms with Gasteiger partial charge in [0.2, 0.25) is 0 Å². The van der Waals surface area contributed by atoms with E-state index in [0.717, 1.165) is 39.1 Å². The molecule has 1 N–H and O–H groups in total. The lowest BCUT2D eigenvalue weighted by Crippen LogP contribution is -2.63. The van der Waals surface area contributed by atoms with Crippen LogP contribution in [0, 0.1) is 11.3 Å². The SMILES string of the molecule is O=C(O)C1COCC1N1CC2(CCOCC2)C1. The molecule has 3 aliphatic rings. The molecular formula is C12H19NO4. The molecule has 0 aromatic heterocycles. The second-order valence-electron chi connectivity index (χ2n) is 5.57. The summed E-state index contributed by atoms with van der Waals surface area (Å²) < 4.78 is 10.7. The topological polar surface area (TPSA) is 59.0 Å². The molecule has 0 radical (unpaired) electrons. The standard InChI is InChI=1S/C12H19NO4/c14-11(15)9-5-17-6-10(9)13-7-12(8-13)1-3-16-4-2-12/h9-10H,1-8H2,(H,14,15). The van der Waals surface area contributed by atoms with Crippen molar-refractivity contribution in [1.29, 1.82) is 0 Å². The molecule has 96 valence electrons. The first-order chi connectivity index (χ1) is 8.20. The Balaban J connectivity index is 1.59. The van der Waals surface area contributed by atoms with Crippen LogP contribution in [-0.2, 0) is 14.3 Å². The maximum absolute atomic E-state index is 11.1. The van der Waals surface area contributed by atoms with Crippen LogP contribution in [0.5, 0.6) is 0 Å². The first-order valence-corrected chi connectivity index (χ1v) is 6.33. The molecule has 3 saturated heterocycles. The fourth-order valence-electron chi connectivity index (χ4n) is 3.31. The Labute approximate surface area is 101 Å². The molecule has 2 atom stereocenters. The van der Waals surface area contributed by atoms with Gasteiger partial charge < -0.3 is 14.6 Å². The lowest BCUT2D eigenvalue weighted by molar-refractivity contribution is -0.147. The zero-order valence-electron chi connectivity index (χ0n) is 9.93. The van der Waals surface area contributed by atoms with E-state index in [0.29, 0.717) is 18.6 Å². The number of carboxylic acids is 1. The number of carbonyl (C=O) groups is 1. The van der Waals surface area contributed by atoms with E-state index in [1.807, 2.05) is 0 Å². The van der Waals surface area contributed by atoms with Gasteiger partial charge in [-0.15, -0.1) is 0 Å². The number of nitrogens with zero attached hydrogens (tertiary/aromatic N) is 1. The van der Waals surface area contributed by atoms with Gasteiger partial charge in [-0.3, -0.25) is 9.69 Å². The molecule has 0 aromatic carbocycles. The van der Waals surface area contributed by atoms with Crippen LogP contribution in [-0.4, -0.2) is 61.5 Å². The van der Waals surface area contributed by atoms with Gasteiger partial charge in [-0.25, -0.2) is 0 Å². The van der Waals surface area contributed by atoms with Gasteiger partial charge in [0.05, 0.1) is 19.1 Å². The Bertz CT molecular complexity index is 306. The molecule has 5 nitrogen and oxygen atoms in total. The number of rotatable bonds is 2. The summed E-state index contributed by atoms with van der Waals surface area (Å²) in [4.78, 5) is 13.4. The molecule has 3 rings (SSSR count). The fourth-order valence-corrected chi connectivity index (χ4v) is 3.31. The normalized spacial score (nSPS) is 36.9. The van der Waals surface area contributed by atoms with Gasteiger partial charge in [-0.1, -0.05) is 0 Å². The quantitative estimate of drug-likeness (QED) is 0.748. The Kier molecular flexibility index (Phi) is 2.84. The zero-order chi connectivity index (χ0) is 11.9. The average Bonchev–Trinajstić information content (AvgIpc) is 2.75. The lowest BCUT2D eigenvalue weighted by atomic mass is 9.72. The first-order valence-electron chi connectivity index (χ1n) is 6.33. The number of aliphatic carboxylic acids is 1. The molecule has 0 saturated carbocycles. The first kappa shape index (κ1) is 11.4. The molecule has 0 bridgehead atoms. The molecular weight excluding hydrogens is 222 g/mol. The monoisotopic (exact) mass is 241 g/mol.